The van der Waals surface area contributed by atoms with Gasteiger partial charge in [-0.15, -0.1) is 0 Å². The summed E-state index contributed by atoms with van der Waals surface area (Å²) >= 11 is 0. The molecule has 0 radical (unpaired) electrons. The normalized spacial score (nSPS) is 49.3. The third-order valence-electron chi connectivity index (χ3n) is 11.8. The van der Waals surface area contributed by atoms with Gasteiger partial charge in [0.2, 0.25) is 5.79 Å². The Morgan fingerprint density at radius 1 is 0.939 bits per heavy atom. The van der Waals surface area contributed by atoms with E-state index in [9.17, 15) is 4.79 Å². The molecule has 10 unspecified atom stereocenters. The second-order valence-electron chi connectivity index (χ2n) is 13.9. The van der Waals surface area contributed by atoms with Crippen molar-refractivity contribution in [3.05, 3.63) is 0 Å². The van der Waals surface area contributed by atoms with Crippen LogP contribution in [0.15, 0.2) is 0 Å². The molecule has 3 heteroatoms. The summed E-state index contributed by atoms with van der Waals surface area (Å²) in [4.78, 5) is 11.8. The maximum atomic E-state index is 11.8. The van der Waals surface area contributed by atoms with Gasteiger partial charge in [-0.25, -0.2) is 0 Å². The first-order valence-corrected chi connectivity index (χ1v) is 14.5. The third-order valence-corrected chi connectivity index (χ3v) is 11.8. The van der Waals surface area contributed by atoms with Crippen molar-refractivity contribution in [1.82, 2.24) is 0 Å². The van der Waals surface area contributed by atoms with Gasteiger partial charge in [0.1, 0.15) is 6.10 Å². The van der Waals surface area contributed by atoms with Crippen LogP contribution in [0.25, 0.3) is 0 Å². The molecule has 0 N–H and O–H groups in total. The van der Waals surface area contributed by atoms with Gasteiger partial charge in [-0.2, -0.15) is 0 Å². The zero-order chi connectivity index (χ0) is 23.6. The standard InChI is InChI=1S/C30H50O3/c1-19(2)8-7-9-20(3)24-12-13-25-23-11-10-22-18-30(32-21(4)31)27(33-30)15-17-28(22,5)26(23)14-16-29(24,25)6/h19-20,22-27H,7-18H2,1-6H3. The predicted molar refractivity (Wildman–Crippen MR) is 132 cm³/mol. The molecule has 5 rings (SSSR count). The molecule has 1 heterocycles. The van der Waals surface area contributed by atoms with E-state index in [1.165, 1.54) is 71.1 Å². The Morgan fingerprint density at radius 3 is 2.39 bits per heavy atom. The summed E-state index contributed by atoms with van der Waals surface area (Å²) in [5, 5.41) is 0. The molecule has 1 aliphatic heterocycles. The summed E-state index contributed by atoms with van der Waals surface area (Å²) < 4.78 is 11.8. The molecule has 0 amide bonds. The van der Waals surface area contributed by atoms with Crippen LogP contribution in [-0.2, 0) is 14.3 Å². The highest BCUT2D eigenvalue weighted by atomic mass is 16.8. The molecule has 4 aliphatic carbocycles. The lowest BCUT2D eigenvalue weighted by Gasteiger charge is -2.59. The minimum Gasteiger partial charge on any atom is -0.430 e. The quantitative estimate of drug-likeness (QED) is 0.301. The zero-order valence-corrected chi connectivity index (χ0v) is 22.3. The van der Waals surface area contributed by atoms with Gasteiger partial charge in [-0.1, -0.05) is 53.9 Å². The van der Waals surface area contributed by atoms with Crippen LogP contribution in [0.1, 0.15) is 119 Å². The Balaban J connectivity index is 1.29. The van der Waals surface area contributed by atoms with E-state index in [-0.39, 0.29) is 12.1 Å². The SMILES string of the molecule is CC(=O)OC12CC3CCC4C(CCC5(C)C(C(C)CCCC(C)C)CCC45)C3(C)CCC1O2. The van der Waals surface area contributed by atoms with Gasteiger partial charge in [0.15, 0.2) is 0 Å². The maximum Gasteiger partial charge on any atom is 0.305 e. The number of carbonyl (C=O) groups excluding carboxylic acids is 1. The van der Waals surface area contributed by atoms with E-state index in [0.717, 1.165) is 48.3 Å². The Bertz CT molecular complexity index is 747. The lowest BCUT2D eigenvalue weighted by molar-refractivity contribution is -0.163. The minimum absolute atomic E-state index is 0.152. The average molecular weight is 459 g/mol. The van der Waals surface area contributed by atoms with Crippen LogP contribution in [0, 0.1) is 52.3 Å². The van der Waals surface area contributed by atoms with Crippen molar-refractivity contribution < 1.29 is 14.3 Å². The van der Waals surface area contributed by atoms with Gasteiger partial charge >= 0.3 is 5.97 Å². The summed E-state index contributed by atoms with van der Waals surface area (Å²) in [5.74, 6) is 5.25. The summed E-state index contributed by atoms with van der Waals surface area (Å²) in [7, 11) is 0. The number of hydrogen-bond donors (Lipinski definition) is 0. The third kappa shape index (κ3) is 4.01. The highest BCUT2D eigenvalue weighted by Gasteiger charge is 2.67. The molecular formula is C30H50O3. The van der Waals surface area contributed by atoms with Crippen molar-refractivity contribution in [3.8, 4) is 0 Å². The van der Waals surface area contributed by atoms with E-state index >= 15 is 0 Å². The van der Waals surface area contributed by atoms with E-state index in [1.54, 1.807) is 0 Å². The Kier molecular flexibility index (Phi) is 6.24. The molecule has 0 aromatic carbocycles. The number of hydrogen-bond acceptors (Lipinski definition) is 3. The van der Waals surface area contributed by atoms with Gasteiger partial charge in [0.05, 0.1) is 0 Å². The fraction of sp³-hybridized carbons (Fsp3) is 0.967. The van der Waals surface area contributed by atoms with E-state index < -0.39 is 5.79 Å². The molecule has 5 fully saturated rings. The van der Waals surface area contributed by atoms with Crippen molar-refractivity contribution in [2.24, 2.45) is 52.3 Å². The number of ether oxygens (including phenoxy) is 2. The molecule has 5 aliphatic rings. The smallest absolute Gasteiger partial charge is 0.305 e. The van der Waals surface area contributed by atoms with Crippen LogP contribution in [0.5, 0.6) is 0 Å². The van der Waals surface area contributed by atoms with Gasteiger partial charge in [-0.3, -0.25) is 4.79 Å². The van der Waals surface area contributed by atoms with Gasteiger partial charge in [0.25, 0.3) is 0 Å². The number of carbonyl (C=O) groups is 1. The zero-order valence-electron chi connectivity index (χ0n) is 22.3. The van der Waals surface area contributed by atoms with Crippen LogP contribution in [0.4, 0.5) is 0 Å². The molecule has 1 saturated heterocycles. The first kappa shape index (κ1) is 24.1. The molecule has 0 aromatic heterocycles. The van der Waals surface area contributed by atoms with Crippen molar-refractivity contribution in [2.75, 3.05) is 0 Å². The molecule has 10 atom stereocenters. The molecule has 3 nitrogen and oxygen atoms in total. The summed E-state index contributed by atoms with van der Waals surface area (Å²) in [5.41, 5.74) is 0.964. The van der Waals surface area contributed by atoms with Crippen LogP contribution in [-0.4, -0.2) is 17.9 Å². The van der Waals surface area contributed by atoms with Crippen molar-refractivity contribution in [1.29, 1.82) is 0 Å². The summed E-state index contributed by atoms with van der Waals surface area (Å²) in [6, 6.07) is 0. The topological polar surface area (TPSA) is 38.8 Å². The molecule has 0 aromatic rings. The van der Waals surface area contributed by atoms with E-state index in [0.29, 0.717) is 16.7 Å². The highest BCUT2D eigenvalue weighted by molar-refractivity contribution is 5.66. The lowest BCUT2D eigenvalue weighted by atomic mass is 9.45. The Morgan fingerprint density at radius 2 is 1.67 bits per heavy atom. The van der Waals surface area contributed by atoms with Crippen LogP contribution in [0.3, 0.4) is 0 Å². The van der Waals surface area contributed by atoms with Crippen LogP contribution in [0.2, 0.25) is 0 Å². The van der Waals surface area contributed by atoms with E-state index in [4.69, 9.17) is 9.47 Å². The van der Waals surface area contributed by atoms with Crippen molar-refractivity contribution in [2.45, 2.75) is 130 Å². The summed E-state index contributed by atoms with van der Waals surface area (Å²) in [6.07, 6.45) is 16.1. The first-order valence-electron chi connectivity index (χ1n) is 14.5. The Hall–Kier alpha value is -0.570. The maximum absolute atomic E-state index is 11.8. The van der Waals surface area contributed by atoms with Gasteiger partial charge in [-0.05, 0) is 104 Å². The average Bonchev–Trinajstić information content (AvgIpc) is 3.29. The number of epoxide rings is 1. The van der Waals surface area contributed by atoms with Crippen molar-refractivity contribution in [3.63, 3.8) is 0 Å². The number of esters is 1. The molecule has 188 valence electrons. The fourth-order valence-corrected chi connectivity index (χ4v) is 10.1. The highest BCUT2D eigenvalue weighted by Crippen LogP contribution is 2.69. The number of fused-ring (bicyclic) bond motifs is 6. The largest absolute Gasteiger partial charge is 0.430 e. The first-order chi connectivity index (χ1) is 15.6. The van der Waals surface area contributed by atoms with Gasteiger partial charge < -0.3 is 9.47 Å². The van der Waals surface area contributed by atoms with Crippen LogP contribution >= 0.6 is 0 Å². The van der Waals surface area contributed by atoms with Crippen molar-refractivity contribution >= 4 is 5.97 Å². The van der Waals surface area contributed by atoms with E-state index in [1.807, 2.05) is 0 Å². The molecule has 0 spiro atoms. The van der Waals surface area contributed by atoms with E-state index in [2.05, 4.69) is 34.6 Å². The molecule has 0 bridgehead atoms. The monoisotopic (exact) mass is 458 g/mol. The van der Waals surface area contributed by atoms with Gasteiger partial charge in [0, 0.05) is 13.3 Å². The lowest BCUT2D eigenvalue weighted by Crippen LogP contribution is -2.52. The van der Waals surface area contributed by atoms with Crippen LogP contribution < -0.4 is 0 Å². The second kappa shape index (κ2) is 8.52. The minimum atomic E-state index is -0.575. The predicted octanol–water partition coefficient (Wildman–Crippen LogP) is 7.77. The number of rotatable bonds is 6. The molecule has 4 saturated carbocycles. The second-order valence-corrected chi connectivity index (χ2v) is 13.9. The summed E-state index contributed by atoms with van der Waals surface area (Å²) in [6.45, 7) is 14.2. The molecular weight excluding hydrogens is 408 g/mol. The Labute approximate surface area is 203 Å². The molecule has 33 heavy (non-hydrogen) atoms. The fourth-order valence-electron chi connectivity index (χ4n) is 10.1.